The van der Waals surface area contributed by atoms with E-state index in [1.165, 1.54) is 11.3 Å². The molecule has 9 heteroatoms. The van der Waals surface area contributed by atoms with Gasteiger partial charge >= 0.3 is 0 Å². The third kappa shape index (κ3) is 3.91. The zero-order valence-electron chi connectivity index (χ0n) is 19.2. The summed E-state index contributed by atoms with van der Waals surface area (Å²) in [6.45, 7) is 0.537. The number of likely N-dealkylation sites (tertiary alicyclic amines) is 1. The molecule has 3 unspecified atom stereocenters. The second kappa shape index (κ2) is 9.32. The van der Waals surface area contributed by atoms with Gasteiger partial charge in [-0.3, -0.25) is 14.4 Å². The maximum absolute atomic E-state index is 13.7. The second-order valence-corrected chi connectivity index (χ2v) is 10.0. The molecule has 8 nitrogen and oxygen atoms in total. The predicted molar refractivity (Wildman–Crippen MR) is 126 cm³/mol. The number of nitrogens with one attached hydrogen (secondary N) is 2. The molecule has 3 heterocycles. The molecule has 5 rings (SSSR count). The van der Waals surface area contributed by atoms with Crippen molar-refractivity contribution < 1.29 is 23.9 Å². The van der Waals surface area contributed by atoms with Crippen molar-refractivity contribution in [2.24, 2.45) is 11.8 Å². The number of fused-ring (bicyclic) bond motifs is 1. The summed E-state index contributed by atoms with van der Waals surface area (Å²) < 4.78 is 11.5. The highest BCUT2D eigenvalue weighted by Gasteiger charge is 2.72. The third-order valence-corrected chi connectivity index (χ3v) is 7.74. The Bertz CT molecular complexity index is 1010. The molecule has 5 atom stereocenters. The first-order valence-electron chi connectivity index (χ1n) is 12.0. The molecular weight excluding hydrogens is 458 g/mol. The van der Waals surface area contributed by atoms with Crippen molar-refractivity contribution in [2.75, 3.05) is 25.6 Å². The van der Waals surface area contributed by atoms with Crippen LogP contribution >= 0.6 is 11.6 Å². The van der Waals surface area contributed by atoms with Gasteiger partial charge in [-0.2, -0.15) is 0 Å². The van der Waals surface area contributed by atoms with Crippen molar-refractivity contribution in [3.8, 4) is 0 Å². The lowest BCUT2D eigenvalue weighted by Crippen LogP contribution is -2.57. The molecule has 4 aliphatic rings. The number of halogens is 1. The number of rotatable bonds is 7. The van der Waals surface area contributed by atoms with Gasteiger partial charge in [0.25, 0.3) is 0 Å². The monoisotopic (exact) mass is 487 g/mol. The molecule has 3 aliphatic heterocycles. The smallest absolute Gasteiger partial charge is 0.246 e. The number of nitrogens with zero attached hydrogens (tertiary/aromatic N) is 1. The van der Waals surface area contributed by atoms with Gasteiger partial charge < -0.3 is 25.0 Å². The van der Waals surface area contributed by atoms with Crippen molar-refractivity contribution in [3.05, 3.63) is 41.4 Å². The van der Waals surface area contributed by atoms with Gasteiger partial charge in [0.05, 0.1) is 24.5 Å². The first-order chi connectivity index (χ1) is 16.4. The summed E-state index contributed by atoms with van der Waals surface area (Å²) in [5.41, 5.74) is -0.614. The number of ether oxygens (including phenoxy) is 2. The summed E-state index contributed by atoms with van der Waals surface area (Å²) >= 11 is 6.06. The standard InChI is InChI=1S/C25H30ClN3O5/c1-33-13-12-29-21(23(31)27-16-7-3-2-4-8-16)25-11-10-18(34-25)19(20(25)24(29)32)22(30)28-17-9-5-6-15(26)14-17/h5-6,9-11,14,16,18-21H,2-4,7-8,12-13H2,1H3,(H,27,31)(H,28,30)/t18-,19?,20-,21?,25?/m1/s1. The molecule has 182 valence electrons. The van der Waals surface area contributed by atoms with Crippen LogP contribution in [0.3, 0.4) is 0 Å². The van der Waals surface area contributed by atoms with Crippen LogP contribution in [0, 0.1) is 11.8 Å². The zero-order valence-corrected chi connectivity index (χ0v) is 19.9. The minimum atomic E-state index is -1.16. The highest BCUT2D eigenvalue weighted by Crippen LogP contribution is 2.55. The SMILES string of the molecule is COCCN1C(=O)[C@H]2C(C(=O)Nc3cccc(Cl)c3)[C@H]3C=CC2(O3)C1C(=O)NC1CCCCC1. The van der Waals surface area contributed by atoms with Crippen LogP contribution in [0.2, 0.25) is 5.02 Å². The van der Waals surface area contributed by atoms with E-state index in [0.29, 0.717) is 10.7 Å². The van der Waals surface area contributed by atoms with E-state index in [0.717, 1.165) is 25.7 Å². The summed E-state index contributed by atoms with van der Waals surface area (Å²) in [7, 11) is 1.56. The van der Waals surface area contributed by atoms with Gasteiger partial charge in [-0.25, -0.2) is 0 Å². The Morgan fingerprint density at radius 1 is 1.24 bits per heavy atom. The molecule has 2 N–H and O–H groups in total. The van der Waals surface area contributed by atoms with Crippen LogP contribution in [-0.2, 0) is 23.9 Å². The van der Waals surface area contributed by atoms with E-state index in [4.69, 9.17) is 21.1 Å². The Morgan fingerprint density at radius 2 is 2.03 bits per heavy atom. The largest absolute Gasteiger partial charge is 0.383 e. The number of amides is 3. The Balaban J connectivity index is 1.42. The van der Waals surface area contributed by atoms with Crippen LogP contribution in [0.5, 0.6) is 0 Å². The van der Waals surface area contributed by atoms with E-state index in [9.17, 15) is 14.4 Å². The van der Waals surface area contributed by atoms with Gasteiger partial charge in [-0.1, -0.05) is 49.1 Å². The topological polar surface area (TPSA) is 97.0 Å². The number of hydrogen-bond donors (Lipinski definition) is 2. The molecule has 1 aliphatic carbocycles. The predicted octanol–water partition coefficient (Wildman–Crippen LogP) is 2.52. The Labute approximate surface area is 204 Å². The summed E-state index contributed by atoms with van der Waals surface area (Å²) in [5.74, 6) is -2.31. The Hall–Kier alpha value is -2.42. The average molecular weight is 488 g/mol. The highest BCUT2D eigenvalue weighted by atomic mass is 35.5. The van der Waals surface area contributed by atoms with Crippen LogP contribution in [0.15, 0.2) is 36.4 Å². The first-order valence-corrected chi connectivity index (χ1v) is 12.4. The van der Waals surface area contributed by atoms with Crippen LogP contribution in [0.25, 0.3) is 0 Å². The lowest BCUT2D eigenvalue weighted by atomic mass is 9.74. The summed E-state index contributed by atoms with van der Waals surface area (Å²) in [5, 5.41) is 6.54. The number of carbonyl (C=O) groups is 3. The summed E-state index contributed by atoms with van der Waals surface area (Å²) in [4.78, 5) is 42.2. The Kier molecular flexibility index (Phi) is 6.39. The number of benzene rings is 1. The molecule has 2 saturated heterocycles. The van der Waals surface area contributed by atoms with Crippen molar-refractivity contribution >= 4 is 35.0 Å². The van der Waals surface area contributed by atoms with E-state index in [1.807, 2.05) is 12.2 Å². The molecular formula is C25H30ClN3O5. The zero-order chi connectivity index (χ0) is 23.9. The lowest BCUT2D eigenvalue weighted by molar-refractivity contribution is -0.142. The number of anilines is 1. The molecule has 34 heavy (non-hydrogen) atoms. The van der Waals surface area contributed by atoms with E-state index in [1.54, 1.807) is 31.4 Å². The van der Waals surface area contributed by atoms with Gasteiger partial charge in [-0.15, -0.1) is 0 Å². The molecule has 1 spiro atoms. The lowest BCUT2D eigenvalue weighted by Gasteiger charge is -2.34. The number of hydrogen-bond acceptors (Lipinski definition) is 5. The Morgan fingerprint density at radius 3 is 2.76 bits per heavy atom. The normalized spacial score (nSPS) is 32.2. The van der Waals surface area contributed by atoms with Crippen molar-refractivity contribution in [3.63, 3.8) is 0 Å². The molecule has 1 saturated carbocycles. The first kappa shape index (κ1) is 23.3. The number of methoxy groups -OCH3 is 1. The molecule has 2 bridgehead atoms. The van der Waals surface area contributed by atoms with Gasteiger partial charge in [0.15, 0.2) is 0 Å². The maximum atomic E-state index is 13.7. The van der Waals surface area contributed by atoms with Crippen molar-refractivity contribution in [2.45, 2.75) is 55.9 Å². The van der Waals surface area contributed by atoms with Crippen LogP contribution < -0.4 is 10.6 Å². The summed E-state index contributed by atoms with van der Waals surface area (Å²) in [6, 6.07) is 6.12. The molecule has 1 aromatic rings. The average Bonchev–Trinajstić information content (AvgIpc) is 3.45. The fraction of sp³-hybridized carbons (Fsp3) is 0.560. The van der Waals surface area contributed by atoms with Gasteiger partial charge in [0.2, 0.25) is 17.7 Å². The molecule has 0 aromatic heterocycles. The molecule has 1 aromatic carbocycles. The minimum absolute atomic E-state index is 0.0978. The minimum Gasteiger partial charge on any atom is -0.383 e. The molecule has 3 amide bonds. The fourth-order valence-corrected chi connectivity index (χ4v) is 6.21. The van der Waals surface area contributed by atoms with Gasteiger partial charge in [0, 0.05) is 30.4 Å². The van der Waals surface area contributed by atoms with Crippen LogP contribution in [0.4, 0.5) is 5.69 Å². The maximum Gasteiger partial charge on any atom is 0.246 e. The van der Waals surface area contributed by atoms with E-state index < -0.39 is 29.6 Å². The second-order valence-electron chi connectivity index (χ2n) is 9.57. The quantitative estimate of drug-likeness (QED) is 0.576. The van der Waals surface area contributed by atoms with E-state index in [2.05, 4.69) is 10.6 Å². The third-order valence-electron chi connectivity index (χ3n) is 7.51. The fourth-order valence-electron chi connectivity index (χ4n) is 6.02. The number of carbonyl (C=O) groups excluding carboxylic acids is 3. The molecule has 0 radical (unpaired) electrons. The molecule has 3 fully saturated rings. The van der Waals surface area contributed by atoms with Crippen LogP contribution in [0.1, 0.15) is 32.1 Å². The van der Waals surface area contributed by atoms with Crippen molar-refractivity contribution in [1.82, 2.24) is 10.2 Å². The van der Waals surface area contributed by atoms with Gasteiger partial charge in [0.1, 0.15) is 11.6 Å². The highest BCUT2D eigenvalue weighted by molar-refractivity contribution is 6.30. The van der Waals surface area contributed by atoms with Crippen molar-refractivity contribution in [1.29, 1.82) is 0 Å². The van der Waals surface area contributed by atoms with Gasteiger partial charge in [-0.05, 0) is 31.0 Å². The van der Waals surface area contributed by atoms with E-state index in [-0.39, 0.29) is 36.9 Å². The van der Waals surface area contributed by atoms with E-state index >= 15 is 0 Å². The summed E-state index contributed by atoms with van der Waals surface area (Å²) in [6.07, 6.45) is 8.28. The van der Waals surface area contributed by atoms with Crippen LogP contribution in [-0.4, -0.2) is 66.7 Å².